The fraction of sp³-hybridized carbons (Fsp3) is 0.533. The molecule has 1 rings (SSSR count). The molecule has 0 aliphatic heterocycles. The summed E-state index contributed by atoms with van der Waals surface area (Å²) in [6.45, 7) is 3.47. The molecular weight excluding hydrogens is 294 g/mol. The maximum Gasteiger partial charge on any atom is 0.222 e. The highest BCUT2D eigenvalue weighted by Crippen LogP contribution is 2.21. The number of aliphatic hydroxyl groups excluding tert-OH is 1. The zero-order valence-electron chi connectivity index (χ0n) is 11.8. The molecular formula is C15H22ClNO2S. The first-order chi connectivity index (χ1) is 9.67. The van der Waals surface area contributed by atoms with Gasteiger partial charge in [-0.1, -0.05) is 11.6 Å². The smallest absolute Gasteiger partial charge is 0.222 e. The van der Waals surface area contributed by atoms with Crippen LogP contribution in [-0.2, 0) is 4.79 Å². The number of carbonyl (C=O) groups is 1. The van der Waals surface area contributed by atoms with E-state index in [1.165, 1.54) is 4.90 Å². The molecule has 0 fully saturated rings. The average Bonchev–Trinajstić information content (AvgIpc) is 2.46. The van der Waals surface area contributed by atoms with Crippen LogP contribution in [0.4, 0.5) is 0 Å². The lowest BCUT2D eigenvalue weighted by atomic mass is 10.3. The van der Waals surface area contributed by atoms with E-state index in [1.807, 2.05) is 36.1 Å². The van der Waals surface area contributed by atoms with Crippen molar-refractivity contribution in [3.8, 4) is 0 Å². The van der Waals surface area contributed by atoms with Crippen molar-refractivity contribution in [1.29, 1.82) is 0 Å². The average molecular weight is 316 g/mol. The molecule has 0 spiro atoms. The van der Waals surface area contributed by atoms with Gasteiger partial charge in [0.2, 0.25) is 5.91 Å². The molecule has 1 N–H and O–H groups in total. The second kappa shape index (κ2) is 10.1. The Bertz CT molecular complexity index is 397. The van der Waals surface area contributed by atoms with Gasteiger partial charge in [-0.15, -0.1) is 11.8 Å². The lowest BCUT2D eigenvalue weighted by Crippen LogP contribution is -2.32. The van der Waals surface area contributed by atoms with Crippen LogP contribution in [0.25, 0.3) is 0 Å². The second-order valence-corrected chi connectivity index (χ2v) is 6.06. The number of amides is 1. The predicted molar refractivity (Wildman–Crippen MR) is 85.4 cm³/mol. The highest BCUT2D eigenvalue weighted by Gasteiger charge is 2.10. The van der Waals surface area contributed by atoms with Crippen LogP contribution in [0.15, 0.2) is 29.2 Å². The molecule has 1 amide bonds. The summed E-state index contributed by atoms with van der Waals surface area (Å²) in [5.41, 5.74) is 0. The first-order valence-electron chi connectivity index (χ1n) is 6.94. The third kappa shape index (κ3) is 6.64. The summed E-state index contributed by atoms with van der Waals surface area (Å²) in [6, 6.07) is 7.74. The van der Waals surface area contributed by atoms with E-state index in [9.17, 15) is 4.79 Å². The van der Waals surface area contributed by atoms with Crippen LogP contribution >= 0.6 is 23.4 Å². The highest BCUT2D eigenvalue weighted by molar-refractivity contribution is 7.99. The van der Waals surface area contributed by atoms with E-state index < -0.39 is 0 Å². The number of hydrogen-bond acceptors (Lipinski definition) is 3. The number of carbonyl (C=O) groups excluding carboxylic acids is 1. The first kappa shape index (κ1) is 17.3. The normalized spacial score (nSPS) is 10.6. The van der Waals surface area contributed by atoms with E-state index >= 15 is 0 Å². The van der Waals surface area contributed by atoms with Gasteiger partial charge in [0, 0.05) is 36.0 Å². The molecule has 3 nitrogen and oxygen atoms in total. The number of nitrogens with zero attached hydrogens (tertiary/aromatic N) is 1. The van der Waals surface area contributed by atoms with Gasteiger partial charge in [-0.25, -0.2) is 0 Å². The quantitative estimate of drug-likeness (QED) is 0.560. The van der Waals surface area contributed by atoms with Crippen molar-refractivity contribution in [3.05, 3.63) is 29.3 Å². The van der Waals surface area contributed by atoms with Crippen molar-refractivity contribution in [1.82, 2.24) is 4.90 Å². The molecule has 0 aromatic heterocycles. The van der Waals surface area contributed by atoms with E-state index in [2.05, 4.69) is 0 Å². The summed E-state index contributed by atoms with van der Waals surface area (Å²) in [4.78, 5) is 14.9. The summed E-state index contributed by atoms with van der Waals surface area (Å²) in [7, 11) is 0. The number of hydrogen-bond donors (Lipinski definition) is 1. The van der Waals surface area contributed by atoms with Crippen LogP contribution in [-0.4, -0.2) is 41.4 Å². The zero-order chi connectivity index (χ0) is 14.8. The van der Waals surface area contributed by atoms with Gasteiger partial charge in [-0.2, -0.15) is 0 Å². The van der Waals surface area contributed by atoms with E-state index in [0.717, 1.165) is 17.2 Å². The number of thioether (sulfide) groups is 1. The van der Waals surface area contributed by atoms with E-state index in [-0.39, 0.29) is 12.5 Å². The molecule has 1 aromatic carbocycles. The molecule has 1 aromatic rings. The number of benzene rings is 1. The van der Waals surface area contributed by atoms with Gasteiger partial charge in [-0.05, 0) is 49.8 Å². The summed E-state index contributed by atoms with van der Waals surface area (Å²) < 4.78 is 0. The Morgan fingerprint density at radius 1 is 1.30 bits per heavy atom. The van der Waals surface area contributed by atoms with Crippen molar-refractivity contribution in [2.75, 3.05) is 25.4 Å². The molecule has 0 aliphatic carbocycles. The fourth-order valence-corrected chi connectivity index (χ4v) is 2.80. The van der Waals surface area contributed by atoms with Crippen molar-refractivity contribution >= 4 is 29.3 Å². The Labute approximate surface area is 130 Å². The SMILES string of the molecule is CCN(CCCO)C(=O)CCCSc1ccc(Cl)cc1. The fourth-order valence-electron chi connectivity index (χ4n) is 1.82. The molecule has 0 radical (unpaired) electrons. The standard InChI is InChI=1S/C15H22ClNO2S/c1-2-17(10-4-11-18)15(19)5-3-12-20-14-8-6-13(16)7-9-14/h6-9,18H,2-5,10-12H2,1H3. The van der Waals surface area contributed by atoms with E-state index in [0.29, 0.717) is 25.9 Å². The topological polar surface area (TPSA) is 40.5 Å². The Hall–Kier alpha value is -0.710. The van der Waals surface area contributed by atoms with Crippen molar-refractivity contribution in [3.63, 3.8) is 0 Å². The lowest BCUT2D eigenvalue weighted by Gasteiger charge is -2.20. The monoisotopic (exact) mass is 315 g/mol. The number of aliphatic hydroxyl groups is 1. The first-order valence-corrected chi connectivity index (χ1v) is 8.30. The minimum atomic E-state index is 0.135. The summed E-state index contributed by atoms with van der Waals surface area (Å²) in [5.74, 6) is 1.10. The molecule has 5 heteroatoms. The van der Waals surface area contributed by atoms with Gasteiger partial charge >= 0.3 is 0 Å². The second-order valence-electron chi connectivity index (χ2n) is 4.46. The molecule has 20 heavy (non-hydrogen) atoms. The largest absolute Gasteiger partial charge is 0.396 e. The Morgan fingerprint density at radius 3 is 2.60 bits per heavy atom. The van der Waals surface area contributed by atoms with Crippen molar-refractivity contribution in [2.45, 2.75) is 31.1 Å². The minimum absolute atomic E-state index is 0.135. The molecule has 0 saturated carbocycles. The molecule has 0 unspecified atom stereocenters. The predicted octanol–water partition coefficient (Wildman–Crippen LogP) is 3.44. The highest BCUT2D eigenvalue weighted by atomic mass is 35.5. The van der Waals surface area contributed by atoms with Gasteiger partial charge in [0.15, 0.2) is 0 Å². The number of halogens is 1. The van der Waals surface area contributed by atoms with Gasteiger partial charge in [0.1, 0.15) is 0 Å². The summed E-state index contributed by atoms with van der Waals surface area (Å²) >= 11 is 7.57. The Balaban J connectivity index is 2.22. The maximum absolute atomic E-state index is 12.0. The van der Waals surface area contributed by atoms with Crippen molar-refractivity contribution < 1.29 is 9.90 Å². The van der Waals surface area contributed by atoms with Crippen LogP contribution in [0.2, 0.25) is 5.02 Å². The van der Waals surface area contributed by atoms with Gasteiger partial charge in [-0.3, -0.25) is 4.79 Å². The zero-order valence-corrected chi connectivity index (χ0v) is 13.4. The molecule has 0 saturated heterocycles. The van der Waals surface area contributed by atoms with Crippen LogP contribution in [0.1, 0.15) is 26.2 Å². The molecule has 0 heterocycles. The van der Waals surface area contributed by atoms with E-state index in [1.54, 1.807) is 11.8 Å². The summed E-state index contributed by atoms with van der Waals surface area (Å²) in [6.07, 6.45) is 2.08. The van der Waals surface area contributed by atoms with Gasteiger partial charge in [0.25, 0.3) is 0 Å². The van der Waals surface area contributed by atoms with Crippen LogP contribution in [0.5, 0.6) is 0 Å². The van der Waals surface area contributed by atoms with Crippen LogP contribution < -0.4 is 0 Å². The van der Waals surface area contributed by atoms with Crippen LogP contribution in [0.3, 0.4) is 0 Å². The molecule has 0 aliphatic rings. The van der Waals surface area contributed by atoms with E-state index in [4.69, 9.17) is 16.7 Å². The van der Waals surface area contributed by atoms with Crippen molar-refractivity contribution in [2.24, 2.45) is 0 Å². The minimum Gasteiger partial charge on any atom is -0.396 e. The van der Waals surface area contributed by atoms with Gasteiger partial charge in [0.05, 0.1) is 0 Å². The Kier molecular flexibility index (Phi) is 8.74. The third-order valence-electron chi connectivity index (χ3n) is 2.94. The molecule has 0 bridgehead atoms. The van der Waals surface area contributed by atoms with Crippen LogP contribution in [0, 0.1) is 0 Å². The number of rotatable bonds is 9. The molecule has 0 atom stereocenters. The third-order valence-corrected chi connectivity index (χ3v) is 4.29. The lowest BCUT2D eigenvalue weighted by molar-refractivity contribution is -0.131. The maximum atomic E-state index is 12.0. The molecule has 112 valence electrons. The van der Waals surface area contributed by atoms with Gasteiger partial charge < -0.3 is 10.0 Å². The Morgan fingerprint density at radius 2 is 2.00 bits per heavy atom. The summed E-state index contributed by atoms with van der Waals surface area (Å²) in [5, 5.41) is 9.54.